The molecular formula is C20H28N2O. The van der Waals surface area contributed by atoms with Crippen LogP contribution in [0, 0.1) is 12.8 Å². The molecule has 3 nitrogen and oxygen atoms in total. The lowest BCUT2D eigenvalue weighted by molar-refractivity contribution is -0.131. The summed E-state index contributed by atoms with van der Waals surface area (Å²) < 4.78 is 0. The molecule has 2 heterocycles. The van der Waals surface area contributed by atoms with E-state index in [0.717, 1.165) is 19.5 Å². The molecule has 1 aliphatic carbocycles. The van der Waals surface area contributed by atoms with Crippen molar-refractivity contribution in [3.8, 4) is 0 Å². The summed E-state index contributed by atoms with van der Waals surface area (Å²) >= 11 is 0. The third-order valence-electron chi connectivity index (χ3n) is 6.08. The summed E-state index contributed by atoms with van der Waals surface area (Å²) in [6.07, 6.45) is 6.28. The number of hydrogen-bond acceptors (Lipinski definition) is 2. The van der Waals surface area contributed by atoms with Gasteiger partial charge in [0.25, 0.3) is 0 Å². The van der Waals surface area contributed by atoms with Gasteiger partial charge < -0.3 is 4.90 Å². The quantitative estimate of drug-likeness (QED) is 0.856. The van der Waals surface area contributed by atoms with Crippen LogP contribution in [0.1, 0.15) is 49.1 Å². The molecular weight excluding hydrogens is 284 g/mol. The van der Waals surface area contributed by atoms with E-state index in [1.54, 1.807) is 0 Å². The Bertz CT molecular complexity index is 579. The highest BCUT2D eigenvalue weighted by Gasteiger charge is 2.47. The second-order valence-corrected chi connectivity index (χ2v) is 7.63. The van der Waals surface area contributed by atoms with Crippen molar-refractivity contribution in [2.75, 3.05) is 26.2 Å². The number of benzene rings is 1. The standard InChI is InChI=1S/C20H28N2O/c1-15-7-3-4-8-17(15)18-13-19(18)20(23)22-12-9-16(14-22)21-10-5-2-6-11-21/h3-4,7-8,16,18-19H,2,5-6,9-14H2,1H3/t16-,18-,19+/m0/s1. The molecule has 3 atom stereocenters. The zero-order chi connectivity index (χ0) is 15.8. The Balaban J connectivity index is 1.35. The van der Waals surface area contributed by atoms with Gasteiger partial charge in [-0.05, 0) is 62.7 Å². The highest BCUT2D eigenvalue weighted by molar-refractivity contribution is 5.83. The summed E-state index contributed by atoms with van der Waals surface area (Å²) in [6, 6.07) is 9.17. The highest BCUT2D eigenvalue weighted by Crippen LogP contribution is 2.49. The Morgan fingerprint density at radius 3 is 2.65 bits per heavy atom. The molecule has 0 aromatic heterocycles. The largest absolute Gasteiger partial charge is 0.341 e. The van der Waals surface area contributed by atoms with Gasteiger partial charge in [0.2, 0.25) is 5.91 Å². The van der Waals surface area contributed by atoms with E-state index in [1.807, 2.05) is 0 Å². The van der Waals surface area contributed by atoms with Crippen LogP contribution < -0.4 is 0 Å². The molecule has 23 heavy (non-hydrogen) atoms. The van der Waals surface area contributed by atoms with Gasteiger partial charge in [-0.15, -0.1) is 0 Å². The van der Waals surface area contributed by atoms with Crippen LogP contribution in [0.15, 0.2) is 24.3 Å². The van der Waals surface area contributed by atoms with Crippen molar-refractivity contribution in [2.24, 2.45) is 5.92 Å². The summed E-state index contributed by atoms with van der Waals surface area (Å²) in [7, 11) is 0. The monoisotopic (exact) mass is 312 g/mol. The Kier molecular flexibility index (Phi) is 4.14. The average molecular weight is 312 g/mol. The molecule has 0 spiro atoms. The van der Waals surface area contributed by atoms with Crippen molar-refractivity contribution in [1.82, 2.24) is 9.80 Å². The first kappa shape index (κ1) is 15.2. The van der Waals surface area contributed by atoms with Gasteiger partial charge >= 0.3 is 0 Å². The van der Waals surface area contributed by atoms with E-state index < -0.39 is 0 Å². The predicted molar refractivity (Wildman–Crippen MR) is 92.4 cm³/mol. The fourth-order valence-electron chi connectivity index (χ4n) is 4.57. The molecule has 1 amide bonds. The minimum atomic E-state index is 0.246. The molecule has 0 unspecified atom stereocenters. The first-order valence-electron chi connectivity index (χ1n) is 9.32. The smallest absolute Gasteiger partial charge is 0.226 e. The number of likely N-dealkylation sites (tertiary alicyclic amines) is 2. The maximum absolute atomic E-state index is 12.8. The zero-order valence-corrected chi connectivity index (χ0v) is 14.2. The molecule has 1 aromatic rings. The van der Waals surface area contributed by atoms with Crippen LogP contribution in [0.25, 0.3) is 0 Å². The van der Waals surface area contributed by atoms with Crippen LogP contribution in [-0.4, -0.2) is 47.9 Å². The Labute approximate surface area is 139 Å². The van der Waals surface area contributed by atoms with E-state index >= 15 is 0 Å². The summed E-state index contributed by atoms with van der Waals surface area (Å²) in [4.78, 5) is 17.6. The second-order valence-electron chi connectivity index (χ2n) is 7.63. The van der Waals surface area contributed by atoms with E-state index in [4.69, 9.17) is 0 Å². The molecule has 3 heteroatoms. The van der Waals surface area contributed by atoms with Crippen LogP contribution in [0.2, 0.25) is 0 Å². The van der Waals surface area contributed by atoms with Crippen LogP contribution in [0.4, 0.5) is 0 Å². The van der Waals surface area contributed by atoms with E-state index in [-0.39, 0.29) is 5.92 Å². The molecule has 0 N–H and O–H groups in total. The molecule has 0 bridgehead atoms. The average Bonchev–Trinajstić information content (AvgIpc) is 3.22. The van der Waals surface area contributed by atoms with Gasteiger partial charge in [-0.2, -0.15) is 0 Å². The first-order chi connectivity index (χ1) is 11.2. The number of nitrogens with zero attached hydrogens (tertiary/aromatic N) is 2. The highest BCUT2D eigenvalue weighted by atomic mass is 16.2. The van der Waals surface area contributed by atoms with E-state index in [2.05, 4.69) is 41.0 Å². The molecule has 2 saturated heterocycles. The summed E-state index contributed by atoms with van der Waals surface area (Å²) in [5, 5.41) is 0. The molecule has 4 rings (SSSR count). The molecule has 0 radical (unpaired) electrons. The van der Waals surface area contributed by atoms with Gasteiger partial charge in [0.1, 0.15) is 0 Å². The molecule has 3 fully saturated rings. The van der Waals surface area contributed by atoms with E-state index in [9.17, 15) is 4.79 Å². The van der Waals surface area contributed by atoms with Crippen molar-refractivity contribution in [3.05, 3.63) is 35.4 Å². The zero-order valence-electron chi connectivity index (χ0n) is 14.2. The predicted octanol–water partition coefficient (Wildman–Crippen LogP) is 3.19. The number of carbonyl (C=O) groups is 1. The van der Waals surface area contributed by atoms with Crippen molar-refractivity contribution in [3.63, 3.8) is 0 Å². The van der Waals surface area contributed by atoms with Gasteiger partial charge in [0, 0.05) is 25.0 Å². The van der Waals surface area contributed by atoms with Crippen molar-refractivity contribution in [1.29, 1.82) is 0 Å². The normalized spacial score (nSPS) is 31.3. The third kappa shape index (κ3) is 3.03. The van der Waals surface area contributed by atoms with Crippen LogP contribution >= 0.6 is 0 Å². The first-order valence-corrected chi connectivity index (χ1v) is 9.32. The molecule has 2 aliphatic heterocycles. The number of carbonyl (C=O) groups excluding carboxylic acids is 1. The van der Waals surface area contributed by atoms with E-state index in [1.165, 1.54) is 49.9 Å². The summed E-state index contributed by atoms with van der Waals surface area (Å²) in [5.41, 5.74) is 2.72. The Morgan fingerprint density at radius 1 is 1.09 bits per heavy atom. The molecule has 1 saturated carbocycles. The van der Waals surface area contributed by atoms with Crippen molar-refractivity contribution in [2.45, 2.75) is 51.0 Å². The fourth-order valence-corrected chi connectivity index (χ4v) is 4.57. The van der Waals surface area contributed by atoms with Crippen LogP contribution in [-0.2, 0) is 4.79 Å². The lowest BCUT2D eigenvalue weighted by Gasteiger charge is -2.32. The maximum atomic E-state index is 12.8. The van der Waals surface area contributed by atoms with Gasteiger partial charge in [0.15, 0.2) is 0 Å². The third-order valence-corrected chi connectivity index (χ3v) is 6.08. The molecule has 124 valence electrons. The van der Waals surface area contributed by atoms with Crippen LogP contribution in [0.5, 0.6) is 0 Å². The number of amides is 1. The van der Waals surface area contributed by atoms with Gasteiger partial charge in [-0.3, -0.25) is 9.69 Å². The SMILES string of the molecule is Cc1ccccc1[C@@H]1C[C@H]1C(=O)N1CC[C@H](N2CCCCC2)C1. The maximum Gasteiger partial charge on any atom is 0.226 e. The van der Waals surface area contributed by atoms with Crippen molar-refractivity contribution < 1.29 is 4.79 Å². The van der Waals surface area contributed by atoms with Gasteiger partial charge in [0.05, 0.1) is 0 Å². The van der Waals surface area contributed by atoms with Crippen LogP contribution in [0.3, 0.4) is 0 Å². The Morgan fingerprint density at radius 2 is 1.87 bits per heavy atom. The molecule has 1 aromatic carbocycles. The van der Waals surface area contributed by atoms with Crippen molar-refractivity contribution >= 4 is 5.91 Å². The topological polar surface area (TPSA) is 23.6 Å². The number of rotatable bonds is 3. The minimum Gasteiger partial charge on any atom is -0.341 e. The lowest BCUT2D eigenvalue weighted by atomic mass is 10.0. The summed E-state index contributed by atoms with van der Waals surface area (Å²) in [5.74, 6) is 1.13. The number of hydrogen-bond donors (Lipinski definition) is 0. The van der Waals surface area contributed by atoms with Gasteiger partial charge in [-0.1, -0.05) is 30.7 Å². The second kappa shape index (κ2) is 6.27. The number of piperidine rings is 1. The lowest BCUT2D eigenvalue weighted by Crippen LogP contribution is -2.42. The van der Waals surface area contributed by atoms with Gasteiger partial charge in [-0.25, -0.2) is 0 Å². The minimum absolute atomic E-state index is 0.246. The fraction of sp³-hybridized carbons (Fsp3) is 0.650. The van der Waals surface area contributed by atoms with E-state index in [0.29, 0.717) is 17.9 Å². The summed E-state index contributed by atoms with van der Waals surface area (Å²) in [6.45, 7) is 6.58. The Hall–Kier alpha value is -1.35. The molecule has 3 aliphatic rings. The number of aryl methyl sites for hydroxylation is 1.